The summed E-state index contributed by atoms with van der Waals surface area (Å²) in [5.74, 6) is 0.348. The van der Waals surface area contributed by atoms with E-state index in [1.54, 1.807) is 0 Å². The van der Waals surface area contributed by atoms with E-state index in [9.17, 15) is 4.79 Å². The van der Waals surface area contributed by atoms with E-state index < -0.39 is 5.41 Å². The summed E-state index contributed by atoms with van der Waals surface area (Å²) in [5, 5.41) is 3.39. The molecule has 2 atom stereocenters. The molecule has 0 aliphatic carbocycles. The van der Waals surface area contributed by atoms with Crippen molar-refractivity contribution in [2.24, 2.45) is 16.7 Å². The molecule has 0 aromatic rings. The SMILES string of the molecule is CCOC[C@]1(C(=O)OC)CNCC(CC(C)(C)C)C1. The minimum absolute atomic E-state index is 0.146. The van der Waals surface area contributed by atoms with E-state index in [1.807, 2.05) is 6.92 Å². The lowest BCUT2D eigenvalue weighted by atomic mass is 9.72. The van der Waals surface area contributed by atoms with Crippen molar-refractivity contribution in [3.8, 4) is 0 Å². The molecule has 0 radical (unpaired) electrons. The van der Waals surface area contributed by atoms with Gasteiger partial charge in [-0.2, -0.15) is 0 Å². The van der Waals surface area contributed by atoms with Gasteiger partial charge in [-0.25, -0.2) is 0 Å². The molecule has 0 amide bonds. The van der Waals surface area contributed by atoms with Gasteiger partial charge >= 0.3 is 5.97 Å². The Morgan fingerprint density at radius 3 is 2.63 bits per heavy atom. The number of methoxy groups -OCH3 is 1. The highest BCUT2D eigenvalue weighted by Crippen LogP contribution is 2.36. The lowest BCUT2D eigenvalue weighted by molar-refractivity contribution is -0.159. The molecular formula is C15H29NO3. The van der Waals surface area contributed by atoms with Gasteiger partial charge in [0.1, 0.15) is 5.41 Å². The van der Waals surface area contributed by atoms with Crippen LogP contribution in [0.4, 0.5) is 0 Å². The number of nitrogens with one attached hydrogen (secondary N) is 1. The van der Waals surface area contributed by atoms with Crippen LogP contribution in [0.2, 0.25) is 0 Å². The molecule has 1 N–H and O–H groups in total. The largest absolute Gasteiger partial charge is 0.468 e. The van der Waals surface area contributed by atoms with E-state index in [0.29, 0.717) is 25.7 Å². The minimum atomic E-state index is -0.515. The Labute approximate surface area is 117 Å². The highest BCUT2D eigenvalue weighted by Gasteiger charge is 2.44. The summed E-state index contributed by atoms with van der Waals surface area (Å²) < 4.78 is 10.5. The van der Waals surface area contributed by atoms with Gasteiger partial charge in [0.25, 0.3) is 0 Å². The third-order valence-corrected chi connectivity index (χ3v) is 3.68. The maximum absolute atomic E-state index is 12.2. The maximum atomic E-state index is 12.2. The molecule has 1 aliphatic rings. The molecule has 1 aliphatic heterocycles. The topological polar surface area (TPSA) is 47.6 Å². The second-order valence-electron chi connectivity index (χ2n) is 6.87. The summed E-state index contributed by atoms with van der Waals surface area (Å²) in [6, 6.07) is 0. The van der Waals surface area contributed by atoms with Crippen molar-refractivity contribution in [2.45, 2.75) is 40.5 Å². The van der Waals surface area contributed by atoms with E-state index in [-0.39, 0.29) is 11.4 Å². The number of carbonyl (C=O) groups is 1. The minimum Gasteiger partial charge on any atom is -0.468 e. The van der Waals surface area contributed by atoms with E-state index in [1.165, 1.54) is 7.11 Å². The maximum Gasteiger partial charge on any atom is 0.315 e. The predicted octanol–water partition coefficient (Wildman–Crippen LogP) is 2.23. The van der Waals surface area contributed by atoms with E-state index >= 15 is 0 Å². The van der Waals surface area contributed by atoms with Crippen molar-refractivity contribution < 1.29 is 14.3 Å². The lowest BCUT2D eigenvalue weighted by Crippen LogP contribution is -2.52. The summed E-state index contributed by atoms with van der Waals surface area (Å²) in [6.45, 7) is 11.4. The van der Waals surface area contributed by atoms with Gasteiger partial charge in [0.15, 0.2) is 0 Å². The fraction of sp³-hybridized carbons (Fsp3) is 0.933. The predicted molar refractivity (Wildman–Crippen MR) is 76.0 cm³/mol. The molecule has 0 aromatic heterocycles. The smallest absolute Gasteiger partial charge is 0.315 e. The molecular weight excluding hydrogens is 242 g/mol. The van der Waals surface area contributed by atoms with Crippen molar-refractivity contribution in [1.29, 1.82) is 0 Å². The van der Waals surface area contributed by atoms with Crippen LogP contribution in [-0.4, -0.2) is 39.4 Å². The Bertz CT molecular complexity index is 298. The zero-order valence-electron chi connectivity index (χ0n) is 13.0. The van der Waals surface area contributed by atoms with Gasteiger partial charge in [-0.15, -0.1) is 0 Å². The van der Waals surface area contributed by atoms with Gasteiger partial charge in [0, 0.05) is 13.2 Å². The van der Waals surface area contributed by atoms with Crippen molar-refractivity contribution >= 4 is 5.97 Å². The Hall–Kier alpha value is -0.610. The molecule has 1 saturated heterocycles. The average Bonchev–Trinajstić information content (AvgIpc) is 2.33. The molecule has 112 valence electrons. The first kappa shape index (κ1) is 16.4. The van der Waals surface area contributed by atoms with Gasteiger partial charge in [-0.3, -0.25) is 4.79 Å². The van der Waals surface area contributed by atoms with Crippen LogP contribution in [-0.2, 0) is 14.3 Å². The number of carbonyl (C=O) groups excluding carboxylic acids is 1. The normalized spacial score (nSPS) is 28.2. The molecule has 1 unspecified atom stereocenters. The summed E-state index contributed by atoms with van der Waals surface area (Å²) in [7, 11) is 1.46. The number of hydrogen-bond donors (Lipinski definition) is 1. The van der Waals surface area contributed by atoms with E-state index in [0.717, 1.165) is 19.4 Å². The lowest BCUT2D eigenvalue weighted by Gasteiger charge is -2.40. The van der Waals surface area contributed by atoms with Crippen LogP contribution in [0.3, 0.4) is 0 Å². The first-order chi connectivity index (χ1) is 8.83. The molecule has 0 bridgehead atoms. The zero-order chi connectivity index (χ0) is 14.5. The number of esters is 1. The van der Waals surface area contributed by atoms with Crippen LogP contribution < -0.4 is 5.32 Å². The fourth-order valence-corrected chi connectivity index (χ4v) is 3.06. The standard InChI is InChI=1S/C15H29NO3/c1-6-19-11-15(13(17)18-5)8-12(9-16-10-15)7-14(2,3)4/h12,16H,6-11H2,1-5H3/t12?,15-/m1/s1. The van der Waals surface area contributed by atoms with E-state index in [4.69, 9.17) is 9.47 Å². The van der Waals surface area contributed by atoms with Crippen LogP contribution in [0.1, 0.15) is 40.5 Å². The summed E-state index contributed by atoms with van der Waals surface area (Å²) in [4.78, 5) is 12.2. The Morgan fingerprint density at radius 1 is 1.42 bits per heavy atom. The summed E-state index contributed by atoms with van der Waals surface area (Å²) in [5.41, 5.74) is -0.240. The number of piperidine rings is 1. The molecule has 1 fully saturated rings. The van der Waals surface area contributed by atoms with Crippen LogP contribution in [0, 0.1) is 16.7 Å². The second-order valence-corrected chi connectivity index (χ2v) is 6.87. The van der Waals surface area contributed by atoms with Crippen LogP contribution >= 0.6 is 0 Å². The van der Waals surface area contributed by atoms with Gasteiger partial charge in [-0.1, -0.05) is 20.8 Å². The van der Waals surface area contributed by atoms with E-state index in [2.05, 4.69) is 26.1 Å². The van der Waals surface area contributed by atoms with Crippen molar-refractivity contribution in [3.63, 3.8) is 0 Å². The second kappa shape index (κ2) is 6.71. The molecule has 1 rings (SSSR count). The third kappa shape index (κ3) is 4.77. The first-order valence-electron chi connectivity index (χ1n) is 7.20. The number of ether oxygens (including phenoxy) is 2. The molecule has 0 spiro atoms. The zero-order valence-corrected chi connectivity index (χ0v) is 13.0. The average molecular weight is 271 g/mol. The first-order valence-corrected chi connectivity index (χ1v) is 7.20. The van der Waals surface area contributed by atoms with Gasteiger partial charge in [0.05, 0.1) is 13.7 Å². The Morgan fingerprint density at radius 2 is 2.11 bits per heavy atom. The van der Waals surface area contributed by atoms with Crippen molar-refractivity contribution in [1.82, 2.24) is 5.32 Å². The van der Waals surface area contributed by atoms with Gasteiger partial charge in [-0.05, 0) is 37.6 Å². The highest BCUT2D eigenvalue weighted by atomic mass is 16.5. The Balaban J connectivity index is 2.76. The fourth-order valence-electron chi connectivity index (χ4n) is 3.06. The van der Waals surface area contributed by atoms with Crippen LogP contribution in [0.5, 0.6) is 0 Å². The monoisotopic (exact) mass is 271 g/mol. The third-order valence-electron chi connectivity index (χ3n) is 3.68. The van der Waals surface area contributed by atoms with Gasteiger partial charge < -0.3 is 14.8 Å². The summed E-state index contributed by atoms with van der Waals surface area (Å²) in [6.07, 6.45) is 1.95. The molecule has 4 heteroatoms. The molecule has 1 heterocycles. The number of rotatable bonds is 5. The molecule has 4 nitrogen and oxygen atoms in total. The molecule has 0 aromatic carbocycles. The van der Waals surface area contributed by atoms with Crippen molar-refractivity contribution in [3.05, 3.63) is 0 Å². The highest BCUT2D eigenvalue weighted by molar-refractivity contribution is 5.77. The van der Waals surface area contributed by atoms with Crippen LogP contribution in [0.15, 0.2) is 0 Å². The quantitative estimate of drug-likeness (QED) is 0.779. The number of hydrogen-bond acceptors (Lipinski definition) is 4. The molecule has 0 saturated carbocycles. The van der Waals surface area contributed by atoms with Gasteiger partial charge in [0.2, 0.25) is 0 Å². The van der Waals surface area contributed by atoms with Crippen LogP contribution in [0.25, 0.3) is 0 Å². The molecule has 19 heavy (non-hydrogen) atoms. The van der Waals surface area contributed by atoms with Crippen molar-refractivity contribution in [2.75, 3.05) is 33.4 Å². The summed E-state index contributed by atoms with van der Waals surface area (Å²) >= 11 is 0. The Kier molecular flexibility index (Phi) is 5.81.